The Labute approximate surface area is 177 Å². The number of benzene rings is 1. The van der Waals surface area contributed by atoms with Gasteiger partial charge in [-0.15, -0.1) is 0 Å². The number of nitrogens with one attached hydrogen (secondary N) is 1. The molecule has 0 bridgehead atoms. The molecule has 2 aromatic heterocycles. The Hall–Kier alpha value is -2.71. The number of likely N-dealkylation sites (tertiary alicyclic amines) is 1. The Balaban J connectivity index is 1.44. The Morgan fingerprint density at radius 3 is 2.60 bits per heavy atom. The number of unbranched alkanes of at least 4 members (excludes halogenated alkanes) is 1. The zero-order valence-electron chi connectivity index (χ0n) is 17.6. The van der Waals surface area contributed by atoms with Gasteiger partial charge in [-0.05, 0) is 43.5 Å². The number of hydrogen-bond donors (Lipinski definition) is 3. The SMILES string of the molecule is CCCCOc1nc(N)c2[nH]nc(Cc3ccc(CN4CCC(N)CC4)cc3)c2n1. The molecule has 1 aromatic carbocycles. The molecule has 1 aliphatic rings. The first-order chi connectivity index (χ1) is 14.6. The Morgan fingerprint density at radius 1 is 1.13 bits per heavy atom. The topological polar surface area (TPSA) is 119 Å². The lowest BCUT2D eigenvalue weighted by Crippen LogP contribution is -2.39. The minimum absolute atomic E-state index is 0.313. The molecule has 0 aliphatic carbocycles. The quantitative estimate of drug-likeness (QED) is 0.489. The molecule has 30 heavy (non-hydrogen) atoms. The number of anilines is 1. The number of aromatic amines is 1. The molecule has 160 valence electrons. The van der Waals surface area contributed by atoms with Crippen molar-refractivity contribution in [3.8, 4) is 6.01 Å². The fraction of sp³-hybridized carbons (Fsp3) is 0.500. The predicted molar refractivity (Wildman–Crippen MR) is 118 cm³/mol. The van der Waals surface area contributed by atoms with Gasteiger partial charge in [0.15, 0.2) is 5.82 Å². The van der Waals surface area contributed by atoms with Crippen LogP contribution in [0.5, 0.6) is 6.01 Å². The molecular formula is C22H31N7O. The molecule has 3 heterocycles. The van der Waals surface area contributed by atoms with Gasteiger partial charge < -0.3 is 16.2 Å². The van der Waals surface area contributed by atoms with Crippen LogP contribution >= 0.6 is 0 Å². The van der Waals surface area contributed by atoms with E-state index in [1.807, 2.05) is 0 Å². The Bertz CT molecular complexity index is 962. The normalized spacial score (nSPS) is 15.7. The standard InChI is InChI=1S/C22H31N7O/c1-2-3-12-30-22-25-19-18(27-28-20(19)21(24)26-22)13-15-4-6-16(7-5-15)14-29-10-8-17(23)9-11-29/h4-7,17H,2-3,8-14,23H2,1H3,(H,27,28)(H2,24,25,26). The first kappa shape index (κ1) is 20.6. The van der Waals surface area contributed by atoms with Gasteiger partial charge >= 0.3 is 6.01 Å². The number of ether oxygens (including phenoxy) is 1. The van der Waals surface area contributed by atoms with E-state index in [-0.39, 0.29) is 0 Å². The average molecular weight is 410 g/mol. The lowest BCUT2D eigenvalue weighted by atomic mass is 10.0. The second-order valence-corrected chi connectivity index (χ2v) is 8.09. The van der Waals surface area contributed by atoms with Crippen molar-refractivity contribution in [2.24, 2.45) is 5.73 Å². The smallest absolute Gasteiger partial charge is 0.319 e. The summed E-state index contributed by atoms with van der Waals surface area (Å²) >= 11 is 0. The van der Waals surface area contributed by atoms with Crippen LogP contribution in [0.4, 0.5) is 5.82 Å². The zero-order valence-corrected chi connectivity index (χ0v) is 17.6. The Morgan fingerprint density at radius 2 is 1.87 bits per heavy atom. The number of nitrogen functional groups attached to an aromatic ring is 1. The summed E-state index contributed by atoms with van der Waals surface area (Å²) in [5.74, 6) is 0.363. The zero-order chi connectivity index (χ0) is 20.9. The van der Waals surface area contributed by atoms with Crippen molar-refractivity contribution < 1.29 is 4.74 Å². The van der Waals surface area contributed by atoms with E-state index in [4.69, 9.17) is 16.2 Å². The van der Waals surface area contributed by atoms with E-state index in [9.17, 15) is 0 Å². The number of nitrogens with zero attached hydrogens (tertiary/aromatic N) is 4. The van der Waals surface area contributed by atoms with Crippen LogP contribution in [0.15, 0.2) is 24.3 Å². The molecule has 1 aliphatic heterocycles. The number of aromatic nitrogens is 4. The second kappa shape index (κ2) is 9.40. The van der Waals surface area contributed by atoms with Crippen molar-refractivity contribution in [2.75, 3.05) is 25.4 Å². The van der Waals surface area contributed by atoms with Gasteiger partial charge in [-0.3, -0.25) is 10.00 Å². The van der Waals surface area contributed by atoms with Crippen LogP contribution in [0, 0.1) is 0 Å². The third-order valence-electron chi connectivity index (χ3n) is 5.65. The maximum Gasteiger partial charge on any atom is 0.319 e. The van der Waals surface area contributed by atoms with E-state index < -0.39 is 0 Å². The highest BCUT2D eigenvalue weighted by molar-refractivity contribution is 5.86. The van der Waals surface area contributed by atoms with Gasteiger partial charge in [0.25, 0.3) is 0 Å². The fourth-order valence-electron chi connectivity index (χ4n) is 3.77. The lowest BCUT2D eigenvalue weighted by molar-refractivity contribution is 0.205. The van der Waals surface area contributed by atoms with Crippen molar-refractivity contribution >= 4 is 16.9 Å². The van der Waals surface area contributed by atoms with E-state index in [0.29, 0.717) is 36.4 Å². The maximum absolute atomic E-state index is 6.07. The van der Waals surface area contributed by atoms with E-state index in [1.165, 1.54) is 11.1 Å². The van der Waals surface area contributed by atoms with Crippen molar-refractivity contribution in [2.45, 2.75) is 51.6 Å². The second-order valence-electron chi connectivity index (χ2n) is 8.09. The third-order valence-corrected chi connectivity index (χ3v) is 5.65. The number of fused-ring (bicyclic) bond motifs is 1. The number of rotatable bonds is 8. The molecule has 8 nitrogen and oxygen atoms in total. The van der Waals surface area contributed by atoms with Gasteiger partial charge in [-0.25, -0.2) is 0 Å². The molecule has 0 saturated carbocycles. The summed E-state index contributed by atoms with van der Waals surface area (Å²) in [6, 6.07) is 9.39. The maximum atomic E-state index is 6.07. The first-order valence-electron chi connectivity index (χ1n) is 10.8. The third kappa shape index (κ3) is 4.88. The summed E-state index contributed by atoms with van der Waals surface area (Å²) < 4.78 is 5.65. The van der Waals surface area contributed by atoms with E-state index in [2.05, 4.69) is 56.3 Å². The summed E-state index contributed by atoms with van der Waals surface area (Å²) in [5.41, 5.74) is 16.8. The van der Waals surface area contributed by atoms with Crippen LogP contribution < -0.4 is 16.2 Å². The number of H-pyrrole nitrogens is 1. The fourth-order valence-corrected chi connectivity index (χ4v) is 3.77. The first-order valence-corrected chi connectivity index (χ1v) is 10.8. The summed E-state index contributed by atoms with van der Waals surface area (Å²) in [6.07, 6.45) is 4.84. The summed E-state index contributed by atoms with van der Waals surface area (Å²) in [7, 11) is 0. The van der Waals surface area contributed by atoms with E-state index in [1.54, 1.807) is 0 Å². The molecule has 3 aromatic rings. The van der Waals surface area contributed by atoms with Crippen molar-refractivity contribution in [3.63, 3.8) is 0 Å². The highest BCUT2D eigenvalue weighted by atomic mass is 16.5. The number of nitrogens with two attached hydrogens (primary N) is 2. The van der Waals surface area contributed by atoms with Crippen LogP contribution in [0.2, 0.25) is 0 Å². The number of piperidine rings is 1. The molecule has 0 unspecified atom stereocenters. The molecule has 0 radical (unpaired) electrons. The van der Waals surface area contributed by atoms with E-state index in [0.717, 1.165) is 56.5 Å². The van der Waals surface area contributed by atoms with Crippen molar-refractivity contribution in [3.05, 3.63) is 41.1 Å². The molecule has 1 saturated heterocycles. The summed E-state index contributed by atoms with van der Waals surface area (Å²) in [6.45, 7) is 5.82. The molecule has 4 rings (SSSR count). The van der Waals surface area contributed by atoms with Crippen molar-refractivity contribution in [1.82, 2.24) is 25.1 Å². The monoisotopic (exact) mass is 409 g/mol. The summed E-state index contributed by atoms with van der Waals surface area (Å²) in [4.78, 5) is 11.2. The molecule has 5 N–H and O–H groups in total. The molecule has 0 atom stereocenters. The van der Waals surface area contributed by atoms with Crippen LogP contribution in [-0.4, -0.2) is 50.8 Å². The Kier molecular flexibility index (Phi) is 6.44. The van der Waals surface area contributed by atoms with Crippen LogP contribution in [0.3, 0.4) is 0 Å². The highest BCUT2D eigenvalue weighted by Gasteiger charge is 2.17. The van der Waals surface area contributed by atoms with Gasteiger partial charge in [-0.2, -0.15) is 15.1 Å². The van der Waals surface area contributed by atoms with E-state index >= 15 is 0 Å². The van der Waals surface area contributed by atoms with Gasteiger partial charge in [0.2, 0.25) is 0 Å². The van der Waals surface area contributed by atoms with Crippen LogP contribution in [0.1, 0.15) is 49.4 Å². The molecule has 8 heteroatoms. The lowest BCUT2D eigenvalue weighted by Gasteiger charge is -2.30. The number of hydrogen-bond acceptors (Lipinski definition) is 7. The molecular weight excluding hydrogens is 378 g/mol. The summed E-state index contributed by atoms with van der Waals surface area (Å²) in [5, 5.41) is 7.40. The molecule has 0 spiro atoms. The predicted octanol–water partition coefficient (Wildman–Crippen LogP) is 2.63. The van der Waals surface area contributed by atoms with Gasteiger partial charge in [0.05, 0.1) is 12.3 Å². The minimum Gasteiger partial charge on any atom is -0.463 e. The van der Waals surface area contributed by atoms with Gasteiger partial charge in [-0.1, -0.05) is 37.6 Å². The van der Waals surface area contributed by atoms with Gasteiger partial charge in [0, 0.05) is 19.0 Å². The largest absolute Gasteiger partial charge is 0.463 e. The molecule has 0 amide bonds. The van der Waals surface area contributed by atoms with Crippen molar-refractivity contribution in [1.29, 1.82) is 0 Å². The molecule has 1 fully saturated rings. The minimum atomic E-state index is 0.313. The highest BCUT2D eigenvalue weighted by Crippen LogP contribution is 2.23. The van der Waals surface area contributed by atoms with Crippen LogP contribution in [-0.2, 0) is 13.0 Å². The average Bonchev–Trinajstić information content (AvgIpc) is 3.15. The van der Waals surface area contributed by atoms with Crippen LogP contribution in [0.25, 0.3) is 11.0 Å². The van der Waals surface area contributed by atoms with Gasteiger partial charge in [0.1, 0.15) is 11.0 Å².